The lowest BCUT2D eigenvalue weighted by Gasteiger charge is -2.09. The molecule has 0 aliphatic heterocycles. The molecule has 168 valence electrons. The number of rotatable bonds is 19. The van der Waals surface area contributed by atoms with Crippen LogP contribution in [0.2, 0.25) is 0 Å². The largest absolute Gasteiger partial charge is 0.200 e. The second kappa shape index (κ2) is 18.0. The molecule has 0 radical (unpaired) electrons. The van der Waals surface area contributed by atoms with Crippen molar-refractivity contribution < 1.29 is 4.57 Å². The fraction of sp³-hybridized carbons (Fsp3) is 0.821. The number of nitrogens with zero attached hydrogens (tertiary/aromatic N) is 1. The molecule has 0 saturated carbocycles. The topological polar surface area (TPSA) is 3.88 Å². The first-order chi connectivity index (χ1) is 14.2. The maximum atomic E-state index is 2.62. The summed E-state index contributed by atoms with van der Waals surface area (Å²) in [5.41, 5.74) is 4.47. The highest BCUT2D eigenvalue weighted by Gasteiger charge is 2.14. The van der Waals surface area contributed by atoms with Crippen LogP contribution >= 0.6 is 0 Å². The zero-order chi connectivity index (χ0) is 21.2. The Morgan fingerprint density at radius 3 is 1.52 bits per heavy atom. The number of unbranched alkanes of at least 4 members (excludes halogenated alkanes) is 15. The summed E-state index contributed by atoms with van der Waals surface area (Å²) in [5, 5.41) is 0. The van der Waals surface area contributed by atoms with Crippen LogP contribution in [-0.4, -0.2) is 0 Å². The van der Waals surface area contributed by atoms with E-state index in [4.69, 9.17) is 0 Å². The highest BCUT2D eigenvalue weighted by Crippen LogP contribution is 2.13. The lowest BCUT2D eigenvalue weighted by molar-refractivity contribution is -0.710. The number of pyridine rings is 1. The summed E-state index contributed by atoms with van der Waals surface area (Å²) in [5.74, 6) is 0. The predicted molar refractivity (Wildman–Crippen MR) is 130 cm³/mol. The molecule has 1 rings (SSSR count). The van der Waals surface area contributed by atoms with Crippen LogP contribution in [0.1, 0.15) is 140 Å². The first-order valence-corrected chi connectivity index (χ1v) is 13.2. The van der Waals surface area contributed by atoms with Crippen molar-refractivity contribution in [3.8, 4) is 0 Å². The summed E-state index contributed by atoms with van der Waals surface area (Å²) < 4.78 is 2.62. The van der Waals surface area contributed by atoms with Gasteiger partial charge in [-0.25, -0.2) is 4.57 Å². The Morgan fingerprint density at radius 1 is 0.552 bits per heavy atom. The molecule has 0 saturated heterocycles. The zero-order valence-corrected chi connectivity index (χ0v) is 20.5. The lowest BCUT2D eigenvalue weighted by Crippen LogP contribution is -2.41. The Hall–Kier alpha value is -0.850. The average Bonchev–Trinajstić information content (AvgIpc) is 2.70. The van der Waals surface area contributed by atoms with E-state index in [-0.39, 0.29) is 0 Å². The molecule has 0 N–H and O–H groups in total. The maximum absolute atomic E-state index is 2.62. The Kier molecular flexibility index (Phi) is 16.2. The van der Waals surface area contributed by atoms with Crippen LogP contribution in [0.25, 0.3) is 0 Å². The van der Waals surface area contributed by atoms with E-state index < -0.39 is 0 Å². The van der Waals surface area contributed by atoms with Gasteiger partial charge in [-0.1, -0.05) is 104 Å². The van der Waals surface area contributed by atoms with Crippen LogP contribution in [0, 0.1) is 13.8 Å². The number of hydrogen-bond donors (Lipinski definition) is 0. The summed E-state index contributed by atoms with van der Waals surface area (Å²) in [6.07, 6.45) is 25.2. The minimum atomic E-state index is 1.22. The van der Waals surface area contributed by atoms with Crippen LogP contribution in [0.3, 0.4) is 0 Å². The molecule has 0 aliphatic rings. The van der Waals surface area contributed by atoms with Gasteiger partial charge in [-0.3, -0.25) is 0 Å². The maximum Gasteiger partial charge on any atom is 0.181 e. The van der Waals surface area contributed by atoms with Gasteiger partial charge < -0.3 is 0 Å². The van der Waals surface area contributed by atoms with E-state index in [2.05, 4.69) is 44.4 Å². The average molecular weight is 403 g/mol. The standard InChI is InChI=1S/C28H52N/c1-5-7-9-11-13-15-16-18-20-22-28-25-26(3)24-27(4)29(28)23-21-19-17-14-12-10-8-6-2/h24-25H,5-23H2,1-4H3/q+1. The molecule has 0 spiro atoms. The van der Waals surface area contributed by atoms with Crippen molar-refractivity contribution >= 4 is 0 Å². The summed E-state index contributed by atoms with van der Waals surface area (Å²) in [6.45, 7) is 10.4. The number of aryl methyl sites for hydroxylation is 3. The second-order valence-corrected chi connectivity index (χ2v) is 9.37. The Balaban J connectivity index is 2.27. The van der Waals surface area contributed by atoms with Gasteiger partial charge in [0.25, 0.3) is 0 Å². The molecule has 0 unspecified atom stereocenters. The first-order valence-electron chi connectivity index (χ1n) is 13.2. The van der Waals surface area contributed by atoms with Gasteiger partial charge in [-0.15, -0.1) is 0 Å². The van der Waals surface area contributed by atoms with Gasteiger partial charge >= 0.3 is 0 Å². The van der Waals surface area contributed by atoms with Crippen molar-refractivity contribution in [1.82, 2.24) is 0 Å². The van der Waals surface area contributed by atoms with E-state index in [1.807, 2.05) is 0 Å². The third-order valence-electron chi connectivity index (χ3n) is 6.38. The fourth-order valence-electron chi connectivity index (χ4n) is 4.56. The normalized spacial score (nSPS) is 11.3. The summed E-state index contributed by atoms with van der Waals surface area (Å²) in [7, 11) is 0. The molecule has 0 aliphatic carbocycles. The van der Waals surface area contributed by atoms with Crippen LogP contribution in [0.4, 0.5) is 0 Å². The fourth-order valence-corrected chi connectivity index (χ4v) is 4.56. The molecule has 1 aromatic heterocycles. The van der Waals surface area contributed by atoms with Gasteiger partial charge in [0.15, 0.2) is 11.4 Å². The van der Waals surface area contributed by atoms with Crippen molar-refractivity contribution in [3.63, 3.8) is 0 Å². The molecule has 0 amide bonds. The van der Waals surface area contributed by atoms with Gasteiger partial charge in [0.1, 0.15) is 6.54 Å². The molecular weight excluding hydrogens is 350 g/mol. The van der Waals surface area contributed by atoms with Crippen LogP contribution in [-0.2, 0) is 13.0 Å². The van der Waals surface area contributed by atoms with Crippen LogP contribution in [0.5, 0.6) is 0 Å². The van der Waals surface area contributed by atoms with Crippen molar-refractivity contribution in [2.75, 3.05) is 0 Å². The molecule has 0 bridgehead atoms. The Labute approximate surface area is 183 Å². The summed E-state index contributed by atoms with van der Waals surface area (Å²) >= 11 is 0. The molecule has 1 heteroatoms. The van der Waals surface area contributed by atoms with E-state index in [1.165, 1.54) is 133 Å². The van der Waals surface area contributed by atoms with Crippen molar-refractivity contribution in [1.29, 1.82) is 0 Å². The van der Waals surface area contributed by atoms with Crippen molar-refractivity contribution in [2.45, 2.75) is 150 Å². The SMILES string of the molecule is CCCCCCCCCCCc1cc(C)cc(C)[n+]1CCCCCCCCCC. The smallest absolute Gasteiger partial charge is 0.181 e. The van der Waals surface area contributed by atoms with Gasteiger partial charge in [0.05, 0.1) is 0 Å². The molecule has 1 heterocycles. The minimum absolute atomic E-state index is 1.22. The van der Waals surface area contributed by atoms with Gasteiger partial charge in [0.2, 0.25) is 0 Å². The van der Waals surface area contributed by atoms with Crippen LogP contribution in [0.15, 0.2) is 12.1 Å². The van der Waals surface area contributed by atoms with Crippen molar-refractivity contribution in [2.24, 2.45) is 0 Å². The van der Waals surface area contributed by atoms with Gasteiger partial charge in [-0.05, 0) is 25.3 Å². The third kappa shape index (κ3) is 13.1. The predicted octanol–water partition coefficient (Wildman–Crippen LogP) is 8.80. The number of hydrogen-bond acceptors (Lipinski definition) is 0. The monoisotopic (exact) mass is 402 g/mol. The van der Waals surface area contributed by atoms with Crippen LogP contribution < -0.4 is 4.57 Å². The van der Waals surface area contributed by atoms with E-state index in [0.717, 1.165) is 0 Å². The summed E-state index contributed by atoms with van der Waals surface area (Å²) in [4.78, 5) is 0. The Bertz CT molecular complexity index is 505. The van der Waals surface area contributed by atoms with Gasteiger partial charge in [0, 0.05) is 31.9 Å². The molecule has 0 aromatic carbocycles. The van der Waals surface area contributed by atoms with E-state index in [1.54, 1.807) is 5.69 Å². The molecule has 1 nitrogen and oxygen atoms in total. The van der Waals surface area contributed by atoms with Gasteiger partial charge in [-0.2, -0.15) is 0 Å². The Morgan fingerprint density at radius 2 is 1.00 bits per heavy atom. The molecule has 0 fully saturated rings. The lowest BCUT2D eigenvalue weighted by atomic mass is 10.0. The van der Waals surface area contributed by atoms with Crippen molar-refractivity contribution in [3.05, 3.63) is 29.1 Å². The highest BCUT2D eigenvalue weighted by atomic mass is 15.0. The third-order valence-corrected chi connectivity index (χ3v) is 6.38. The highest BCUT2D eigenvalue weighted by molar-refractivity contribution is 5.14. The second-order valence-electron chi connectivity index (χ2n) is 9.37. The molecule has 0 atom stereocenters. The quantitative estimate of drug-likeness (QED) is 0.161. The van der Waals surface area contributed by atoms with E-state index in [0.29, 0.717) is 0 Å². The molecule has 1 aromatic rings. The minimum Gasteiger partial charge on any atom is -0.200 e. The zero-order valence-electron chi connectivity index (χ0n) is 20.5. The first kappa shape index (κ1) is 26.2. The van der Waals surface area contributed by atoms with E-state index >= 15 is 0 Å². The number of aromatic nitrogens is 1. The molecule has 29 heavy (non-hydrogen) atoms. The van der Waals surface area contributed by atoms with E-state index in [9.17, 15) is 0 Å². The molecular formula is C28H52N+. The summed E-state index contributed by atoms with van der Waals surface area (Å²) in [6, 6.07) is 4.81.